The average molecular weight is 1040 g/mol. The second-order valence-electron chi connectivity index (χ2n) is 17.2. The van der Waals surface area contributed by atoms with Gasteiger partial charge in [-0.15, -0.1) is 0 Å². The molecule has 398 valence electrons. The van der Waals surface area contributed by atoms with Crippen molar-refractivity contribution >= 4 is 88.7 Å². The van der Waals surface area contributed by atoms with E-state index in [1.807, 2.05) is 0 Å². The molecule has 0 saturated heterocycles. The molecule has 1 aromatic rings. The van der Waals surface area contributed by atoms with E-state index in [4.69, 9.17) is 5.73 Å². The number of carboxylic acids is 3. The van der Waals surface area contributed by atoms with Crippen molar-refractivity contribution in [1.82, 2.24) is 42.5 Å². The number of carboxylic acid groups (broad SMARTS) is 3. The summed E-state index contributed by atoms with van der Waals surface area (Å²) in [5, 5.41) is 57.8. The highest BCUT2D eigenvalue weighted by Gasteiger charge is 2.35. The van der Waals surface area contributed by atoms with Crippen LogP contribution >= 0.6 is 23.5 Å². The van der Waals surface area contributed by atoms with Crippen LogP contribution in [0, 0.1) is 11.8 Å². The van der Waals surface area contributed by atoms with Crippen molar-refractivity contribution in [2.45, 2.75) is 141 Å². The van der Waals surface area contributed by atoms with Gasteiger partial charge in [-0.1, -0.05) is 46.2 Å². The SMILES string of the molecule is CC[C@H](C)[C@H](NC(=O)[C@H](CCSC)NC(=O)[C@H](CC(=O)O)NC(=O)[C@H](C)NC(=O)[C@H](C)NC(=O)[C@H](CCC(=O)O)NC(=O)[C@H](Cc1ccc(O)cc1)NC(=O)[C@@H](N)C(C)C)C(=O)N[C@@H](CCSC)C(=O)O. The molecule has 0 unspecified atom stereocenters. The summed E-state index contributed by atoms with van der Waals surface area (Å²) in [5.41, 5.74) is 6.49. The maximum atomic E-state index is 13.7. The zero-order valence-electron chi connectivity index (χ0n) is 41.2. The Bertz CT molecular complexity index is 2010. The molecule has 26 heteroatoms. The van der Waals surface area contributed by atoms with Crippen molar-refractivity contribution in [3.8, 4) is 5.75 Å². The molecule has 0 radical (unpaired) electrons. The fourth-order valence-electron chi connectivity index (χ4n) is 6.41. The Morgan fingerprint density at radius 1 is 0.535 bits per heavy atom. The number of thioether (sulfide) groups is 2. The summed E-state index contributed by atoms with van der Waals surface area (Å²) in [4.78, 5) is 143. The molecule has 0 fully saturated rings. The Balaban J connectivity index is 3.22. The molecular weight excluding hydrogens is 971 g/mol. The lowest BCUT2D eigenvalue weighted by atomic mass is 9.97. The van der Waals surface area contributed by atoms with Gasteiger partial charge in [0.1, 0.15) is 54.1 Å². The van der Waals surface area contributed by atoms with E-state index in [0.717, 1.165) is 0 Å². The zero-order chi connectivity index (χ0) is 54.1. The quantitative estimate of drug-likeness (QED) is 0.0394. The Hall–Kier alpha value is -6.15. The number of carbonyl (C=O) groups is 11. The summed E-state index contributed by atoms with van der Waals surface area (Å²) in [6.07, 6.45) is 1.83. The highest BCUT2D eigenvalue weighted by molar-refractivity contribution is 7.98. The molecule has 24 nitrogen and oxygen atoms in total. The molecule has 0 aliphatic heterocycles. The predicted molar refractivity (Wildman–Crippen MR) is 264 cm³/mol. The van der Waals surface area contributed by atoms with E-state index in [1.54, 1.807) is 40.2 Å². The lowest BCUT2D eigenvalue weighted by Gasteiger charge is -2.28. The lowest BCUT2D eigenvalue weighted by Crippen LogP contribution is -2.60. The number of phenolic OH excluding ortho intramolecular Hbond substituents is 1. The second-order valence-corrected chi connectivity index (χ2v) is 19.2. The number of benzene rings is 1. The maximum absolute atomic E-state index is 13.7. The first-order valence-electron chi connectivity index (χ1n) is 22.9. The first-order valence-corrected chi connectivity index (χ1v) is 25.7. The van der Waals surface area contributed by atoms with Gasteiger partial charge in [0.2, 0.25) is 47.3 Å². The van der Waals surface area contributed by atoms with Gasteiger partial charge in [-0.05, 0) is 86.7 Å². The summed E-state index contributed by atoms with van der Waals surface area (Å²) in [7, 11) is 0. The summed E-state index contributed by atoms with van der Waals surface area (Å²) >= 11 is 2.70. The summed E-state index contributed by atoms with van der Waals surface area (Å²) in [5.74, 6) is -11.6. The Labute approximate surface area is 421 Å². The normalized spacial score (nSPS) is 15.3. The number of aliphatic carboxylic acids is 3. The Morgan fingerprint density at radius 3 is 1.46 bits per heavy atom. The van der Waals surface area contributed by atoms with Crippen molar-refractivity contribution in [3.05, 3.63) is 29.8 Å². The number of phenols is 1. The highest BCUT2D eigenvalue weighted by Crippen LogP contribution is 2.14. The minimum atomic E-state index is -1.80. The fraction of sp³-hybridized carbons (Fsp3) is 0.622. The van der Waals surface area contributed by atoms with Crippen LogP contribution in [0.5, 0.6) is 5.75 Å². The molecule has 8 amide bonds. The molecule has 14 N–H and O–H groups in total. The number of rotatable bonds is 33. The van der Waals surface area contributed by atoms with E-state index in [1.165, 1.54) is 61.6 Å². The van der Waals surface area contributed by atoms with E-state index in [0.29, 0.717) is 23.5 Å². The molecule has 10 atom stereocenters. The van der Waals surface area contributed by atoms with Crippen LogP contribution in [0.25, 0.3) is 0 Å². The second kappa shape index (κ2) is 31.9. The third kappa shape index (κ3) is 23.1. The van der Waals surface area contributed by atoms with Crippen molar-refractivity contribution in [2.75, 3.05) is 24.0 Å². The van der Waals surface area contributed by atoms with Gasteiger partial charge in [-0.2, -0.15) is 23.5 Å². The molecule has 71 heavy (non-hydrogen) atoms. The molecule has 0 aromatic heterocycles. The van der Waals surface area contributed by atoms with Gasteiger partial charge >= 0.3 is 17.9 Å². The number of aromatic hydroxyl groups is 1. The number of amides is 8. The van der Waals surface area contributed by atoms with Gasteiger partial charge in [0.25, 0.3) is 0 Å². The Morgan fingerprint density at radius 2 is 0.972 bits per heavy atom. The third-order valence-electron chi connectivity index (χ3n) is 11.1. The van der Waals surface area contributed by atoms with E-state index >= 15 is 0 Å². The van der Waals surface area contributed by atoms with Gasteiger partial charge in [0.15, 0.2) is 0 Å². The van der Waals surface area contributed by atoms with Crippen LogP contribution in [0.15, 0.2) is 24.3 Å². The van der Waals surface area contributed by atoms with Crippen molar-refractivity contribution in [2.24, 2.45) is 17.6 Å². The van der Waals surface area contributed by atoms with Gasteiger partial charge in [0, 0.05) is 12.8 Å². The number of carbonyl (C=O) groups excluding carboxylic acids is 8. The minimum Gasteiger partial charge on any atom is -0.508 e. The van der Waals surface area contributed by atoms with Gasteiger partial charge < -0.3 is 68.7 Å². The molecule has 0 spiro atoms. The standard InChI is InChI=1S/C45H71N9O15S2/c1-9-23(4)36(44(67)51-30(45(68)69)17-19-71-8)54-40(63)29(16-18-70-7)50-42(65)32(21-34(58)59)52-38(61)25(6)47-37(60)24(5)48-39(62)28(14-15-33(56)57)49-41(64)31(53-43(66)35(46)22(2)3)20-26-10-12-27(55)13-11-26/h10-13,22-25,28-32,35-36,55H,9,14-21,46H2,1-8H3,(H,47,60)(H,48,62)(H,49,64)(H,50,65)(H,51,67)(H,52,61)(H,53,66)(H,54,63)(H,56,57)(H,58,59)(H,68,69)/t23-,24-,25-,28-,29-,30-,31-,32-,35-,36-/m0/s1. The van der Waals surface area contributed by atoms with E-state index in [9.17, 15) is 73.2 Å². The van der Waals surface area contributed by atoms with Crippen LogP contribution in [0.2, 0.25) is 0 Å². The number of hydrogen-bond donors (Lipinski definition) is 13. The van der Waals surface area contributed by atoms with Crippen molar-refractivity contribution < 1.29 is 73.2 Å². The summed E-state index contributed by atoms with van der Waals surface area (Å²) in [6, 6.07) is -6.75. The molecule has 0 saturated carbocycles. The Kier molecular flexibility index (Phi) is 28.3. The van der Waals surface area contributed by atoms with Crippen LogP contribution in [-0.2, 0) is 59.2 Å². The zero-order valence-corrected chi connectivity index (χ0v) is 42.8. The third-order valence-corrected chi connectivity index (χ3v) is 12.4. The van der Waals surface area contributed by atoms with Crippen molar-refractivity contribution in [1.29, 1.82) is 0 Å². The van der Waals surface area contributed by atoms with Crippen LogP contribution in [0.1, 0.15) is 85.6 Å². The molecule has 1 aromatic carbocycles. The van der Waals surface area contributed by atoms with Crippen LogP contribution in [0.4, 0.5) is 0 Å². The number of nitrogens with two attached hydrogens (primary N) is 1. The largest absolute Gasteiger partial charge is 0.508 e. The van der Waals surface area contributed by atoms with E-state index in [2.05, 4.69) is 42.5 Å². The smallest absolute Gasteiger partial charge is 0.326 e. The topological polar surface area (TPSA) is 391 Å². The summed E-state index contributed by atoms with van der Waals surface area (Å²) < 4.78 is 0. The fourth-order valence-corrected chi connectivity index (χ4v) is 7.35. The lowest BCUT2D eigenvalue weighted by molar-refractivity contribution is -0.142. The molecule has 0 aliphatic rings. The molecule has 0 bridgehead atoms. The molecule has 1 rings (SSSR count). The van der Waals surface area contributed by atoms with E-state index < -0.39 is 145 Å². The van der Waals surface area contributed by atoms with Gasteiger partial charge in [-0.3, -0.25) is 47.9 Å². The predicted octanol–water partition coefficient (Wildman–Crippen LogP) is -1.19. The van der Waals surface area contributed by atoms with Gasteiger partial charge in [-0.25, -0.2) is 4.79 Å². The van der Waals surface area contributed by atoms with Crippen molar-refractivity contribution in [3.63, 3.8) is 0 Å². The van der Waals surface area contributed by atoms with Crippen LogP contribution < -0.4 is 48.3 Å². The first-order chi connectivity index (χ1) is 33.3. The van der Waals surface area contributed by atoms with Crippen LogP contribution in [-0.4, -0.2) is 164 Å². The van der Waals surface area contributed by atoms with E-state index in [-0.39, 0.29) is 30.9 Å². The monoisotopic (exact) mass is 1040 g/mol. The molecular formula is C45H71N9O15S2. The van der Waals surface area contributed by atoms with Gasteiger partial charge in [0.05, 0.1) is 12.5 Å². The van der Waals surface area contributed by atoms with Crippen LogP contribution in [0.3, 0.4) is 0 Å². The summed E-state index contributed by atoms with van der Waals surface area (Å²) in [6.45, 7) is 9.19. The molecule has 0 aliphatic carbocycles. The minimum absolute atomic E-state index is 0.00628. The maximum Gasteiger partial charge on any atom is 0.326 e. The number of nitrogens with one attached hydrogen (secondary N) is 8. The highest BCUT2D eigenvalue weighted by atomic mass is 32.2. The first kappa shape index (κ1) is 62.9. The average Bonchev–Trinajstić information content (AvgIpc) is 3.30. The number of hydrogen-bond acceptors (Lipinski definition) is 15. The molecule has 0 heterocycles.